The fourth-order valence-electron chi connectivity index (χ4n) is 1.69. The Morgan fingerprint density at radius 2 is 2.35 bits per heavy atom. The van der Waals surface area contributed by atoms with Crippen LogP contribution in [-0.2, 0) is 16.6 Å². The molecule has 1 N–H and O–H groups in total. The first-order chi connectivity index (χ1) is 8.08. The van der Waals surface area contributed by atoms with Crippen molar-refractivity contribution >= 4 is 17.7 Å². The minimum atomic E-state index is -0.869. The topological polar surface area (TPSA) is 77.2 Å². The first-order valence-electron chi connectivity index (χ1n) is 5.45. The highest BCUT2D eigenvalue weighted by molar-refractivity contribution is 7.99. The number of nitrogens with zero attached hydrogens (tertiary/aromatic N) is 3. The first kappa shape index (κ1) is 12.4. The number of carboxylic acid groups (broad SMARTS) is 1. The third kappa shape index (κ3) is 2.78. The van der Waals surface area contributed by atoms with Gasteiger partial charge in [0.15, 0.2) is 11.3 Å². The van der Waals surface area contributed by atoms with Crippen LogP contribution in [0.1, 0.15) is 18.7 Å². The lowest BCUT2D eigenvalue weighted by molar-refractivity contribution is -0.148. The number of thioether (sulfide) groups is 1. The van der Waals surface area contributed by atoms with Crippen molar-refractivity contribution in [2.24, 2.45) is 7.05 Å². The lowest BCUT2D eigenvalue weighted by Gasteiger charge is -2.10. The molecule has 0 bridgehead atoms. The van der Waals surface area contributed by atoms with Gasteiger partial charge in [-0.3, -0.25) is 0 Å². The molecule has 0 amide bonds. The van der Waals surface area contributed by atoms with E-state index in [1.807, 2.05) is 18.5 Å². The summed E-state index contributed by atoms with van der Waals surface area (Å²) in [7, 11) is 1.91. The Balaban J connectivity index is 1.84. The molecule has 1 fully saturated rings. The van der Waals surface area contributed by atoms with Gasteiger partial charge in [-0.05, 0) is 19.8 Å². The van der Waals surface area contributed by atoms with Crippen LogP contribution in [0.3, 0.4) is 0 Å². The molecule has 0 aliphatic carbocycles. The zero-order valence-corrected chi connectivity index (χ0v) is 10.6. The number of rotatable bonds is 4. The van der Waals surface area contributed by atoms with Crippen LogP contribution in [0, 0.1) is 6.92 Å². The van der Waals surface area contributed by atoms with E-state index in [4.69, 9.17) is 9.84 Å². The SMILES string of the molecule is Cc1nnc(SCC2CCC(C(=O)O)O2)n1C. The molecule has 6 nitrogen and oxygen atoms in total. The zero-order valence-electron chi connectivity index (χ0n) is 9.79. The second kappa shape index (κ2) is 5.05. The van der Waals surface area contributed by atoms with Crippen molar-refractivity contribution < 1.29 is 14.6 Å². The zero-order chi connectivity index (χ0) is 12.4. The average molecular weight is 257 g/mol. The summed E-state index contributed by atoms with van der Waals surface area (Å²) in [6, 6.07) is 0. The van der Waals surface area contributed by atoms with Crippen molar-refractivity contribution in [1.29, 1.82) is 0 Å². The van der Waals surface area contributed by atoms with Crippen LogP contribution in [0.5, 0.6) is 0 Å². The molecule has 1 aliphatic rings. The van der Waals surface area contributed by atoms with Crippen LogP contribution >= 0.6 is 11.8 Å². The van der Waals surface area contributed by atoms with Crippen molar-refractivity contribution in [2.75, 3.05) is 5.75 Å². The molecule has 2 atom stereocenters. The summed E-state index contributed by atoms with van der Waals surface area (Å²) in [5, 5.41) is 17.6. The van der Waals surface area contributed by atoms with E-state index < -0.39 is 12.1 Å². The highest BCUT2D eigenvalue weighted by Crippen LogP contribution is 2.25. The molecule has 0 aromatic carbocycles. The second-order valence-electron chi connectivity index (χ2n) is 4.06. The molecule has 1 saturated heterocycles. The fraction of sp³-hybridized carbons (Fsp3) is 0.700. The third-order valence-electron chi connectivity index (χ3n) is 2.83. The second-order valence-corrected chi connectivity index (χ2v) is 5.05. The minimum Gasteiger partial charge on any atom is -0.479 e. The highest BCUT2D eigenvalue weighted by atomic mass is 32.2. The van der Waals surface area contributed by atoms with E-state index in [9.17, 15) is 4.79 Å². The summed E-state index contributed by atoms with van der Waals surface area (Å²) in [5.41, 5.74) is 0. The predicted octanol–water partition coefficient (Wildman–Crippen LogP) is 0.848. The van der Waals surface area contributed by atoms with Gasteiger partial charge < -0.3 is 14.4 Å². The predicted molar refractivity (Wildman–Crippen MR) is 62.0 cm³/mol. The smallest absolute Gasteiger partial charge is 0.332 e. The van der Waals surface area contributed by atoms with Gasteiger partial charge in [0.2, 0.25) is 0 Å². The van der Waals surface area contributed by atoms with Gasteiger partial charge in [0, 0.05) is 12.8 Å². The maximum Gasteiger partial charge on any atom is 0.332 e. The van der Waals surface area contributed by atoms with Crippen LogP contribution in [-0.4, -0.2) is 43.8 Å². The van der Waals surface area contributed by atoms with Gasteiger partial charge in [0.05, 0.1) is 6.10 Å². The average Bonchev–Trinajstić information content (AvgIpc) is 2.86. The molecular formula is C10H15N3O3S. The van der Waals surface area contributed by atoms with Gasteiger partial charge in [0.1, 0.15) is 5.82 Å². The van der Waals surface area contributed by atoms with E-state index in [1.165, 1.54) is 0 Å². The molecule has 1 aromatic rings. The van der Waals surface area contributed by atoms with Gasteiger partial charge >= 0.3 is 5.97 Å². The van der Waals surface area contributed by atoms with E-state index in [2.05, 4.69) is 10.2 Å². The van der Waals surface area contributed by atoms with Gasteiger partial charge in [-0.15, -0.1) is 10.2 Å². The number of aromatic nitrogens is 3. The molecular weight excluding hydrogens is 242 g/mol. The molecule has 1 aliphatic heterocycles. The summed E-state index contributed by atoms with van der Waals surface area (Å²) in [5.74, 6) is 0.714. The Morgan fingerprint density at radius 3 is 2.88 bits per heavy atom. The Kier molecular flexibility index (Phi) is 3.68. The quantitative estimate of drug-likeness (QED) is 0.806. The van der Waals surface area contributed by atoms with Crippen molar-refractivity contribution in [1.82, 2.24) is 14.8 Å². The number of ether oxygens (including phenoxy) is 1. The molecule has 94 valence electrons. The number of aryl methyl sites for hydroxylation is 1. The molecule has 1 aromatic heterocycles. The Labute approximate surface area is 103 Å². The standard InChI is InChI=1S/C10H15N3O3S/c1-6-11-12-10(13(6)2)17-5-7-3-4-8(16-7)9(14)15/h7-8H,3-5H2,1-2H3,(H,14,15). The summed E-state index contributed by atoms with van der Waals surface area (Å²) in [6.45, 7) is 1.89. The maximum atomic E-state index is 10.7. The van der Waals surface area contributed by atoms with Crippen molar-refractivity contribution in [3.8, 4) is 0 Å². The van der Waals surface area contributed by atoms with Crippen molar-refractivity contribution in [2.45, 2.75) is 37.1 Å². The minimum absolute atomic E-state index is 0.00175. The van der Waals surface area contributed by atoms with E-state index in [1.54, 1.807) is 11.8 Å². The fourth-order valence-corrected chi connectivity index (χ4v) is 2.70. The number of aliphatic carboxylic acids is 1. The van der Waals surface area contributed by atoms with Gasteiger partial charge in [-0.2, -0.15) is 0 Å². The number of carboxylic acids is 1. The van der Waals surface area contributed by atoms with Gasteiger partial charge in [-0.25, -0.2) is 4.79 Å². The van der Waals surface area contributed by atoms with Crippen molar-refractivity contribution in [3.05, 3.63) is 5.82 Å². The summed E-state index contributed by atoms with van der Waals surface area (Å²) in [4.78, 5) is 10.7. The Morgan fingerprint density at radius 1 is 1.59 bits per heavy atom. The van der Waals surface area contributed by atoms with Crippen molar-refractivity contribution in [3.63, 3.8) is 0 Å². The Bertz CT molecular complexity index is 421. The van der Waals surface area contributed by atoms with E-state index in [-0.39, 0.29) is 6.10 Å². The van der Waals surface area contributed by atoms with Crippen LogP contribution < -0.4 is 0 Å². The molecule has 0 spiro atoms. The van der Waals surface area contributed by atoms with E-state index in [0.717, 1.165) is 23.2 Å². The van der Waals surface area contributed by atoms with Crippen LogP contribution in [0.2, 0.25) is 0 Å². The van der Waals surface area contributed by atoms with Gasteiger partial charge in [-0.1, -0.05) is 11.8 Å². The largest absolute Gasteiger partial charge is 0.479 e. The number of carbonyl (C=O) groups is 1. The summed E-state index contributed by atoms with van der Waals surface area (Å²) in [6.07, 6.45) is 0.749. The molecule has 17 heavy (non-hydrogen) atoms. The highest BCUT2D eigenvalue weighted by Gasteiger charge is 2.30. The molecule has 2 unspecified atom stereocenters. The first-order valence-corrected chi connectivity index (χ1v) is 6.43. The lowest BCUT2D eigenvalue weighted by Crippen LogP contribution is -2.21. The maximum absolute atomic E-state index is 10.7. The molecule has 0 radical (unpaired) electrons. The van der Waals surface area contributed by atoms with Crippen LogP contribution in [0.4, 0.5) is 0 Å². The van der Waals surface area contributed by atoms with E-state index in [0.29, 0.717) is 6.42 Å². The molecule has 2 rings (SSSR count). The number of hydrogen-bond donors (Lipinski definition) is 1. The van der Waals surface area contributed by atoms with E-state index >= 15 is 0 Å². The lowest BCUT2D eigenvalue weighted by atomic mass is 10.2. The Hall–Kier alpha value is -1.08. The summed E-state index contributed by atoms with van der Waals surface area (Å²) < 4.78 is 7.32. The third-order valence-corrected chi connectivity index (χ3v) is 3.99. The molecule has 0 saturated carbocycles. The van der Waals surface area contributed by atoms with Crippen LogP contribution in [0.15, 0.2) is 5.16 Å². The molecule has 7 heteroatoms. The normalized spacial score (nSPS) is 24.1. The van der Waals surface area contributed by atoms with Crippen LogP contribution in [0.25, 0.3) is 0 Å². The monoisotopic (exact) mass is 257 g/mol. The number of hydrogen-bond acceptors (Lipinski definition) is 5. The molecule has 2 heterocycles. The van der Waals surface area contributed by atoms with Gasteiger partial charge in [0.25, 0.3) is 0 Å². The summed E-state index contributed by atoms with van der Waals surface area (Å²) >= 11 is 1.55.